The molecular formula is C20H23BrN6O. The fourth-order valence-corrected chi connectivity index (χ4v) is 4.01. The van der Waals surface area contributed by atoms with Crippen LogP contribution in [0.4, 0.5) is 10.6 Å². The third kappa shape index (κ3) is 3.69. The number of hydrogen-bond donors (Lipinski definition) is 2. The van der Waals surface area contributed by atoms with E-state index >= 15 is 0 Å². The van der Waals surface area contributed by atoms with Crippen LogP contribution in [0.25, 0.3) is 16.9 Å². The zero-order valence-corrected chi connectivity index (χ0v) is 17.3. The van der Waals surface area contributed by atoms with Crippen molar-refractivity contribution in [2.45, 2.75) is 19.8 Å². The minimum Gasteiger partial charge on any atom is -0.370 e. The predicted octanol–water partition coefficient (Wildman–Crippen LogP) is 3.67. The van der Waals surface area contributed by atoms with E-state index < -0.39 is 0 Å². The van der Waals surface area contributed by atoms with E-state index in [1.54, 1.807) is 11.1 Å². The maximum absolute atomic E-state index is 11.3. The number of benzene rings is 1. The molecule has 0 aliphatic carbocycles. The van der Waals surface area contributed by atoms with Crippen molar-refractivity contribution in [3.8, 4) is 11.3 Å². The van der Waals surface area contributed by atoms with Crippen LogP contribution < -0.4 is 11.1 Å². The number of amides is 2. The van der Waals surface area contributed by atoms with Gasteiger partial charge in [-0.05, 0) is 47.2 Å². The summed E-state index contributed by atoms with van der Waals surface area (Å²) in [6.45, 7) is 4.34. The summed E-state index contributed by atoms with van der Waals surface area (Å²) < 4.78 is 2.69. The molecule has 28 heavy (non-hydrogen) atoms. The van der Waals surface area contributed by atoms with Gasteiger partial charge in [-0.3, -0.25) is 0 Å². The normalized spacial score (nSPS) is 15.1. The maximum atomic E-state index is 11.3. The SMILES string of the molecule is Cc1ccccc1-c1cc(NCC2CCN(C(N)=O)CC2)n2ncc(Br)c2n1. The van der Waals surface area contributed by atoms with E-state index in [0.717, 1.165) is 59.7 Å². The summed E-state index contributed by atoms with van der Waals surface area (Å²) >= 11 is 3.55. The number of aromatic nitrogens is 3. The number of urea groups is 1. The highest BCUT2D eigenvalue weighted by molar-refractivity contribution is 9.10. The van der Waals surface area contributed by atoms with Gasteiger partial charge in [0.2, 0.25) is 0 Å². The lowest BCUT2D eigenvalue weighted by Gasteiger charge is -2.31. The van der Waals surface area contributed by atoms with Crippen LogP contribution >= 0.6 is 15.9 Å². The first-order valence-corrected chi connectivity index (χ1v) is 10.2. The lowest BCUT2D eigenvalue weighted by atomic mass is 9.97. The molecule has 0 saturated carbocycles. The number of hydrogen-bond acceptors (Lipinski definition) is 4. The Hall–Kier alpha value is -2.61. The molecule has 2 amide bonds. The van der Waals surface area contributed by atoms with E-state index in [1.165, 1.54) is 5.56 Å². The highest BCUT2D eigenvalue weighted by Gasteiger charge is 2.21. The number of nitrogens with zero attached hydrogens (tertiary/aromatic N) is 4. The van der Waals surface area contributed by atoms with Gasteiger partial charge in [-0.15, -0.1) is 0 Å². The van der Waals surface area contributed by atoms with Gasteiger partial charge < -0.3 is 16.0 Å². The number of anilines is 1. The Morgan fingerprint density at radius 1 is 1.32 bits per heavy atom. The molecular weight excluding hydrogens is 420 g/mol. The number of nitrogens with one attached hydrogen (secondary N) is 1. The van der Waals surface area contributed by atoms with Crippen LogP contribution in [0.3, 0.4) is 0 Å². The first-order chi connectivity index (χ1) is 13.5. The smallest absolute Gasteiger partial charge is 0.314 e. The van der Waals surface area contributed by atoms with Crippen LogP contribution in [-0.4, -0.2) is 45.2 Å². The number of piperidine rings is 1. The van der Waals surface area contributed by atoms with Crippen molar-refractivity contribution < 1.29 is 4.79 Å². The van der Waals surface area contributed by atoms with Gasteiger partial charge in [0.05, 0.1) is 16.4 Å². The zero-order chi connectivity index (χ0) is 19.7. The highest BCUT2D eigenvalue weighted by Crippen LogP contribution is 2.28. The standard InChI is InChI=1S/C20H23BrN6O/c1-13-4-2-3-5-15(13)17-10-18(27-19(25-17)16(21)12-24-27)23-11-14-6-8-26(9-7-14)20(22)28/h2-5,10,12,14,23H,6-9,11H2,1H3,(H2,22,28). The quantitative estimate of drug-likeness (QED) is 0.644. The highest BCUT2D eigenvalue weighted by atomic mass is 79.9. The monoisotopic (exact) mass is 442 g/mol. The molecule has 0 atom stereocenters. The number of nitrogens with two attached hydrogens (primary N) is 1. The van der Waals surface area contributed by atoms with Crippen molar-refractivity contribution >= 4 is 33.4 Å². The Morgan fingerprint density at radius 2 is 2.07 bits per heavy atom. The third-order valence-corrected chi connectivity index (χ3v) is 5.91. The van der Waals surface area contributed by atoms with Gasteiger partial charge in [0.1, 0.15) is 5.82 Å². The number of fused-ring (bicyclic) bond motifs is 1. The topological polar surface area (TPSA) is 88.5 Å². The number of likely N-dealkylation sites (tertiary alicyclic amines) is 1. The molecule has 0 spiro atoms. The Balaban J connectivity index is 1.58. The lowest BCUT2D eigenvalue weighted by Crippen LogP contribution is -2.42. The predicted molar refractivity (Wildman–Crippen MR) is 113 cm³/mol. The molecule has 0 bridgehead atoms. The van der Waals surface area contributed by atoms with E-state index in [2.05, 4.69) is 45.4 Å². The molecule has 3 aromatic rings. The van der Waals surface area contributed by atoms with Crippen LogP contribution in [0.5, 0.6) is 0 Å². The average molecular weight is 443 g/mol. The lowest BCUT2D eigenvalue weighted by molar-refractivity contribution is 0.181. The molecule has 7 nitrogen and oxygen atoms in total. The number of carbonyl (C=O) groups is 1. The van der Waals surface area contributed by atoms with Crippen LogP contribution in [0.2, 0.25) is 0 Å². The van der Waals surface area contributed by atoms with Gasteiger partial charge in [-0.25, -0.2) is 9.78 Å². The summed E-state index contributed by atoms with van der Waals surface area (Å²) in [7, 11) is 0. The first kappa shape index (κ1) is 18.7. The van der Waals surface area contributed by atoms with Gasteiger partial charge in [0, 0.05) is 31.3 Å². The fraction of sp³-hybridized carbons (Fsp3) is 0.350. The summed E-state index contributed by atoms with van der Waals surface area (Å²) in [6.07, 6.45) is 3.65. The molecule has 4 rings (SSSR count). The van der Waals surface area contributed by atoms with Gasteiger partial charge >= 0.3 is 6.03 Å². The molecule has 1 saturated heterocycles. The zero-order valence-electron chi connectivity index (χ0n) is 15.7. The molecule has 1 aliphatic rings. The fourth-order valence-electron chi connectivity index (χ4n) is 3.67. The molecule has 1 aromatic carbocycles. The molecule has 3 heterocycles. The number of rotatable bonds is 4. The largest absolute Gasteiger partial charge is 0.370 e. The van der Waals surface area contributed by atoms with Crippen LogP contribution in [0.1, 0.15) is 18.4 Å². The van der Waals surface area contributed by atoms with Crippen molar-refractivity contribution in [1.29, 1.82) is 0 Å². The van der Waals surface area contributed by atoms with E-state index in [0.29, 0.717) is 5.92 Å². The minimum absolute atomic E-state index is 0.327. The Morgan fingerprint density at radius 3 is 2.79 bits per heavy atom. The number of halogens is 1. The first-order valence-electron chi connectivity index (χ1n) is 9.41. The maximum Gasteiger partial charge on any atom is 0.314 e. The van der Waals surface area contributed by atoms with Crippen LogP contribution in [-0.2, 0) is 0 Å². The Labute approximate surface area is 172 Å². The van der Waals surface area contributed by atoms with Crippen LogP contribution in [0, 0.1) is 12.8 Å². The van der Waals surface area contributed by atoms with E-state index in [-0.39, 0.29) is 6.03 Å². The molecule has 146 valence electrons. The van der Waals surface area contributed by atoms with Crippen molar-refractivity contribution in [2.75, 3.05) is 25.0 Å². The van der Waals surface area contributed by atoms with Crippen LogP contribution in [0.15, 0.2) is 41.0 Å². The van der Waals surface area contributed by atoms with Gasteiger partial charge in [0.15, 0.2) is 5.65 Å². The number of aryl methyl sites for hydroxylation is 1. The Kier molecular flexibility index (Phi) is 5.21. The molecule has 2 aromatic heterocycles. The summed E-state index contributed by atoms with van der Waals surface area (Å²) in [5.74, 6) is 1.39. The number of primary amides is 1. The second kappa shape index (κ2) is 7.79. The summed E-state index contributed by atoms with van der Waals surface area (Å²) in [5, 5.41) is 8.00. The summed E-state index contributed by atoms with van der Waals surface area (Å²) in [6, 6.07) is 9.95. The second-order valence-corrected chi connectivity index (χ2v) is 8.07. The third-order valence-electron chi connectivity index (χ3n) is 5.35. The van der Waals surface area contributed by atoms with E-state index in [9.17, 15) is 4.79 Å². The molecule has 0 radical (unpaired) electrons. The second-order valence-electron chi connectivity index (χ2n) is 7.22. The van der Waals surface area contributed by atoms with Gasteiger partial charge in [-0.2, -0.15) is 9.61 Å². The van der Waals surface area contributed by atoms with Gasteiger partial charge in [0.25, 0.3) is 0 Å². The molecule has 1 fully saturated rings. The van der Waals surface area contributed by atoms with E-state index in [4.69, 9.17) is 10.7 Å². The number of carbonyl (C=O) groups excluding carboxylic acids is 1. The summed E-state index contributed by atoms with van der Waals surface area (Å²) in [5.41, 5.74) is 9.36. The van der Waals surface area contributed by atoms with E-state index in [1.807, 2.05) is 22.7 Å². The van der Waals surface area contributed by atoms with Crippen molar-refractivity contribution in [2.24, 2.45) is 11.7 Å². The Bertz CT molecular complexity index is 1010. The minimum atomic E-state index is -0.327. The van der Waals surface area contributed by atoms with Crippen molar-refractivity contribution in [1.82, 2.24) is 19.5 Å². The average Bonchev–Trinajstić information content (AvgIpc) is 3.08. The molecule has 0 unspecified atom stereocenters. The van der Waals surface area contributed by atoms with Gasteiger partial charge in [-0.1, -0.05) is 24.3 Å². The summed E-state index contributed by atoms with van der Waals surface area (Å²) in [4.78, 5) is 17.8. The van der Waals surface area contributed by atoms with Crippen molar-refractivity contribution in [3.63, 3.8) is 0 Å². The molecule has 1 aliphatic heterocycles. The molecule has 8 heteroatoms. The molecule has 3 N–H and O–H groups in total. The van der Waals surface area contributed by atoms with Crippen molar-refractivity contribution in [3.05, 3.63) is 46.6 Å².